The topological polar surface area (TPSA) is 12.5 Å². The van der Waals surface area contributed by atoms with Crippen LogP contribution in [0.4, 0.5) is 10.1 Å². The predicted molar refractivity (Wildman–Crippen MR) is 72.8 cm³/mol. The van der Waals surface area contributed by atoms with Gasteiger partial charge in [-0.25, -0.2) is 4.39 Å². The minimum absolute atomic E-state index is 0.147. The second-order valence-corrected chi connectivity index (χ2v) is 5.40. The lowest BCUT2D eigenvalue weighted by atomic mass is 9.94. The number of halogens is 2. The Morgan fingerprint density at radius 2 is 2.22 bits per heavy atom. The summed E-state index contributed by atoms with van der Waals surface area (Å²) in [7, 11) is 1.74. The van der Waals surface area contributed by atoms with Crippen molar-refractivity contribution in [3.8, 4) is 0 Å². The SMILES string of the molecule is COC1(C)CCCN(c2cc(F)cc(CCl)c2)C1. The first-order valence-electron chi connectivity index (χ1n) is 6.22. The third-order valence-electron chi connectivity index (χ3n) is 3.61. The van der Waals surface area contributed by atoms with Crippen molar-refractivity contribution in [3.63, 3.8) is 0 Å². The maximum Gasteiger partial charge on any atom is 0.125 e. The average Bonchev–Trinajstić information content (AvgIpc) is 2.38. The lowest BCUT2D eigenvalue weighted by Crippen LogP contribution is -2.47. The first-order valence-corrected chi connectivity index (χ1v) is 6.75. The Bertz CT molecular complexity index is 426. The minimum Gasteiger partial charge on any atom is -0.377 e. The van der Waals surface area contributed by atoms with E-state index in [9.17, 15) is 4.39 Å². The van der Waals surface area contributed by atoms with Gasteiger partial charge in [0.25, 0.3) is 0 Å². The number of piperidine rings is 1. The molecule has 4 heteroatoms. The third-order valence-corrected chi connectivity index (χ3v) is 3.92. The highest BCUT2D eigenvalue weighted by Gasteiger charge is 2.31. The van der Waals surface area contributed by atoms with Gasteiger partial charge >= 0.3 is 0 Å². The zero-order valence-corrected chi connectivity index (χ0v) is 11.6. The van der Waals surface area contributed by atoms with E-state index in [1.54, 1.807) is 13.2 Å². The summed E-state index contributed by atoms with van der Waals surface area (Å²) in [6, 6.07) is 5.00. The standard InChI is InChI=1S/C14H19ClFNO/c1-14(18-2)4-3-5-17(10-14)13-7-11(9-15)6-12(16)8-13/h6-8H,3-5,9-10H2,1-2H3. The molecule has 0 saturated carbocycles. The van der Waals surface area contributed by atoms with E-state index in [-0.39, 0.29) is 11.4 Å². The van der Waals surface area contributed by atoms with Crippen LogP contribution < -0.4 is 4.90 Å². The van der Waals surface area contributed by atoms with Crippen molar-refractivity contribution in [1.82, 2.24) is 0 Å². The Morgan fingerprint density at radius 1 is 1.44 bits per heavy atom. The summed E-state index contributed by atoms with van der Waals surface area (Å²) in [5.74, 6) is 0.105. The van der Waals surface area contributed by atoms with Crippen LogP contribution in [0.5, 0.6) is 0 Å². The van der Waals surface area contributed by atoms with Gasteiger partial charge < -0.3 is 9.64 Å². The van der Waals surface area contributed by atoms with Gasteiger partial charge in [-0.05, 0) is 43.5 Å². The first-order chi connectivity index (χ1) is 8.56. The zero-order chi connectivity index (χ0) is 13.2. The molecule has 0 aromatic heterocycles. The van der Waals surface area contributed by atoms with Gasteiger partial charge in [0.05, 0.1) is 5.60 Å². The maximum atomic E-state index is 13.5. The van der Waals surface area contributed by atoms with Crippen LogP contribution in [0, 0.1) is 5.82 Å². The molecule has 2 nitrogen and oxygen atoms in total. The predicted octanol–water partition coefficient (Wildman–Crippen LogP) is 3.57. The summed E-state index contributed by atoms with van der Waals surface area (Å²) >= 11 is 5.78. The lowest BCUT2D eigenvalue weighted by molar-refractivity contribution is -0.00466. The molecule has 1 fully saturated rings. The minimum atomic E-state index is -0.229. The second-order valence-electron chi connectivity index (χ2n) is 5.13. The number of alkyl halides is 1. The van der Waals surface area contributed by atoms with E-state index >= 15 is 0 Å². The average molecular weight is 272 g/mol. The van der Waals surface area contributed by atoms with Gasteiger partial charge in [-0.2, -0.15) is 0 Å². The molecule has 0 amide bonds. The molecule has 1 atom stereocenters. The van der Waals surface area contributed by atoms with E-state index < -0.39 is 0 Å². The molecule has 1 aliphatic heterocycles. The molecule has 0 spiro atoms. The molecule has 1 heterocycles. The van der Waals surface area contributed by atoms with E-state index in [4.69, 9.17) is 16.3 Å². The summed E-state index contributed by atoms with van der Waals surface area (Å²) in [6.07, 6.45) is 2.09. The fourth-order valence-corrected chi connectivity index (χ4v) is 2.64. The zero-order valence-electron chi connectivity index (χ0n) is 10.9. The van der Waals surface area contributed by atoms with Gasteiger partial charge in [-0.15, -0.1) is 11.6 Å². The molecule has 0 radical (unpaired) electrons. The number of methoxy groups -OCH3 is 1. The quantitative estimate of drug-likeness (QED) is 0.780. The number of ether oxygens (including phenoxy) is 1. The van der Waals surface area contributed by atoms with Gasteiger partial charge in [0.15, 0.2) is 0 Å². The van der Waals surface area contributed by atoms with E-state index in [1.807, 2.05) is 6.07 Å². The van der Waals surface area contributed by atoms with Crippen LogP contribution in [0.1, 0.15) is 25.3 Å². The summed E-state index contributed by atoms with van der Waals surface area (Å²) in [5, 5.41) is 0. The van der Waals surface area contributed by atoms with Crippen molar-refractivity contribution in [2.24, 2.45) is 0 Å². The number of benzene rings is 1. The van der Waals surface area contributed by atoms with E-state index in [2.05, 4.69) is 11.8 Å². The molecule has 100 valence electrons. The summed E-state index contributed by atoms with van der Waals surface area (Å²) < 4.78 is 19.1. The van der Waals surface area contributed by atoms with Gasteiger partial charge in [0.1, 0.15) is 5.82 Å². The molecule has 18 heavy (non-hydrogen) atoms. The van der Waals surface area contributed by atoms with Crippen molar-refractivity contribution in [1.29, 1.82) is 0 Å². The molecule has 0 bridgehead atoms. The Hall–Kier alpha value is -0.800. The van der Waals surface area contributed by atoms with Crippen LogP contribution in [0.3, 0.4) is 0 Å². The highest BCUT2D eigenvalue weighted by molar-refractivity contribution is 6.17. The molecule has 2 rings (SSSR count). The molecule has 1 aromatic carbocycles. The Labute approximate surface area is 113 Å². The summed E-state index contributed by atoms with van der Waals surface area (Å²) in [4.78, 5) is 2.17. The summed E-state index contributed by atoms with van der Waals surface area (Å²) in [5.41, 5.74) is 1.57. The molecule has 0 N–H and O–H groups in total. The number of hydrogen-bond acceptors (Lipinski definition) is 2. The largest absolute Gasteiger partial charge is 0.377 e. The normalized spacial score (nSPS) is 24.3. The molecule has 1 unspecified atom stereocenters. The Kier molecular flexibility index (Phi) is 4.13. The van der Waals surface area contributed by atoms with E-state index in [1.165, 1.54) is 6.07 Å². The third kappa shape index (κ3) is 2.96. The van der Waals surface area contributed by atoms with E-state index in [0.717, 1.165) is 37.2 Å². The monoisotopic (exact) mass is 271 g/mol. The summed E-state index contributed by atoms with van der Waals surface area (Å²) in [6.45, 7) is 3.82. The van der Waals surface area contributed by atoms with Crippen molar-refractivity contribution >= 4 is 17.3 Å². The Balaban J connectivity index is 2.23. The number of nitrogens with zero attached hydrogens (tertiary/aromatic N) is 1. The molecular weight excluding hydrogens is 253 g/mol. The fraction of sp³-hybridized carbons (Fsp3) is 0.571. The molecule has 1 saturated heterocycles. The van der Waals surface area contributed by atoms with Crippen LogP contribution in [0.2, 0.25) is 0 Å². The van der Waals surface area contributed by atoms with Gasteiger partial charge in [0, 0.05) is 31.8 Å². The van der Waals surface area contributed by atoms with Crippen molar-refractivity contribution in [3.05, 3.63) is 29.6 Å². The van der Waals surface area contributed by atoms with Gasteiger partial charge in [-0.3, -0.25) is 0 Å². The lowest BCUT2D eigenvalue weighted by Gasteiger charge is -2.40. The number of hydrogen-bond donors (Lipinski definition) is 0. The van der Waals surface area contributed by atoms with Crippen molar-refractivity contribution in [2.45, 2.75) is 31.2 Å². The highest BCUT2D eigenvalue weighted by atomic mass is 35.5. The van der Waals surface area contributed by atoms with E-state index in [0.29, 0.717) is 5.88 Å². The fourth-order valence-electron chi connectivity index (χ4n) is 2.49. The van der Waals surface area contributed by atoms with Crippen LogP contribution in [-0.4, -0.2) is 25.8 Å². The molecule has 1 aromatic rings. The van der Waals surface area contributed by atoms with Crippen LogP contribution >= 0.6 is 11.6 Å². The van der Waals surface area contributed by atoms with Crippen LogP contribution in [-0.2, 0) is 10.6 Å². The van der Waals surface area contributed by atoms with Crippen LogP contribution in [0.25, 0.3) is 0 Å². The smallest absolute Gasteiger partial charge is 0.125 e. The number of anilines is 1. The van der Waals surface area contributed by atoms with Crippen LogP contribution in [0.15, 0.2) is 18.2 Å². The number of rotatable bonds is 3. The van der Waals surface area contributed by atoms with Gasteiger partial charge in [-0.1, -0.05) is 0 Å². The maximum absolute atomic E-state index is 13.5. The molecular formula is C14H19ClFNO. The molecule has 1 aliphatic rings. The Morgan fingerprint density at radius 3 is 2.89 bits per heavy atom. The second kappa shape index (κ2) is 5.45. The first kappa shape index (κ1) is 13.6. The van der Waals surface area contributed by atoms with Crippen molar-refractivity contribution in [2.75, 3.05) is 25.1 Å². The highest BCUT2D eigenvalue weighted by Crippen LogP contribution is 2.29. The van der Waals surface area contributed by atoms with Gasteiger partial charge in [0.2, 0.25) is 0 Å². The van der Waals surface area contributed by atoms with Crippen molar-refractivity contribution < 1.29 is 9.13 Å². The molecule has 0 aliphatic carbocycles.